The highest BCUT2D eigenvalue weighted by Gasteiger charge is 2.38. The second kappa shape index (κ2) is 7.45. The molecule has 1 saturated heterocycles. The van der Waals surface area contributed by atoms with E-state index in [1.807, 2.05) is 12.1 Å². The minimum Gasteiger partial charge on any atom is -0.468 e. The Morgan fingerprint density at radius 3 is 2.52 bits per heavy atom. The average Bonchev–Trinajstić information content (AvgIpc) is 2.60. The molecule has 5 nitrogen and oxygen atoms in total. The number of sulfonamides is 1. The molecule has 0 spiro atoms. The fraction of sp³-hybridized carbons (Fsp3) is 0.588. The lowest BCUT2D eigenvalue weighted by Gasteiger charge is -2.32. The number of carbonyl (C=O) groups excluding carboxylic acids is 1. The maximum absolute atomic E-state index is 12.9. The highest BCUT2D eigenvalue weighted by molar-refractivity contribution is 7.89. The van der Waals surface area contributed by atoms with Crippen LogP contribution < -0.4 is 0 Å². The van der Waals surface area contributed by atoms with Gasteiger partial charge in [0.25, 0.3) is 0 Å². The van der Waals surface area contributed by atoms with Crippen molar-refractivity contribution in [1.82, 2.24) is 4.31 Å². The van der Waals surface area contributed by atoms with Crippen molar-refractivity contribution in [3.63, 3.8) is 0 Å². The van der Waals surface area contributed by atoms with Gasteiger partial charge in [0.2, 0.25) is 10.0 Å². The SMILES string of the molecule is CCC(C)c1ccc(S(=O)(=O)N2CCCCC2C(=O)OC)cc1. The Hall–Kier alpha value is -1.40. The molecule has 2 rings (SSSR count). The monoisotopic (exact) mass is 339 g/mol. The number of piperidine rings is 1. The van der Waals surface area contributed by atoms with Crippen LogP contribution in [0.3, 0.4) is 0 Å². The first kappa shape index (κ1) is 17.9. The highest BCUT2D eigenvalue weighted by Crippen LogP contribution is 2.27. The summed E-state index contributed by atoms with van der Waals surface area (Å²) in [4.78, 5) is 12.1. The molecule has 23 heavy (non-hydrogen) atoms. The van der Waals surface area contributed by atoms with E-state index >= 15 is 0 Å². The summed E-state index contributed by atoms with van der Waals surface area (Å²) in [5.41, 5.74) is 1.12. The number of nitrogens with zero attached hydrogens (tertiary/aromatic N) is 1. The molecule has 1 aliphatic heterocycles. The van der Waals surface area contributed by atoms with Gasteiger partial charge in [-0.25, -0.2) is 8.42 Å². The first-order valence-corrected chi connectivity index (χ1v) is 9.55. The quantitative estimate of drug-likeness (QED) is 0.774. The van der Waals surface area contributed by atoms with E-state index in [0.717, 1.165) is 24.8 Å². The molecule has 6 heteroatoms. The van der Waals surface area contributed by atoms with Gasteiger partial charge in [0.05, 0.1) is 12.0 Å². The standard InChI is InChI=1S/C17H25NO4S/c1-4-13(2)14-8-10-15(11-9-14)23(20,21)18-12-6-5-7-16(18)17(19)22-3/h8-11,13,16H,4-7,12H2,1-3H3. The molecule has 1 heterocycles. The molecular formula is C17H25NO4S. The zero-order valence-corrected chi connectivity index (χ0v) is 14.8. The van der Waals surface area contributed by atoms with Crippen LogP contribution in [0.4, 0.5) is 0 Å². The van der Waals surface area contributed by atoms with Crippen molar-refractivity contribution in [2.45, 2.75) is 56.4 Å². The molecule has 128 valence electrons. The first-order valence-electron chi connectivity index (χ1n) is 8.11. The number of esters is 1. The van der Waals surface area contributed by atoms with Gasteiger partial charge >= 0.3 is 5.97 Å². The zero-order valence-electron chi connectivity index (χ0n) is 14.0. The third kappa shape index (κ3) is 3.75. The number of hydrogen-bond acceptors (Lipinski definition) is 4. The lowest BCUT2D eigenvalue weighted by atomic mass is 9.99. The summed E-state index contributed by atoms with van der Waals surface area (Å²) in [5, 5.41) is 0. The molecule has 0 bridgehead atoms. The summed E-state index contributed by atoms with van der Waals surface area (Å²) in [6.45, 7) is 4.57. The summed E-state index contributed by atoms with van der Waals surface area (Å²) in [6.07, 6.45) is 3.11. The van der Waals surface area contributed by atoms with Crippen LogP contribution in [0.5, 0.6) is 0 Å². The number of methoxy groups -OCH3 is 1. The van der Waals surface area contributed by atoms with Gasteiger partial charge < -0.3 is 4.74 Å². The van der Waals surface area contributed by atoms with Crippen LogP contribution in [0, 0.1) is 0 Å². The van der Waals surface area contributed by atoms with Crippen molar-refractivity contribution < 1.29 is 17.9 Å². The van der Waals surface area contributed by atoms with Crippen molar-refractivity contribution in [2.24, 2.45) is 0 Å². The number of hydrogen-bond donors (Lipinski definition) is 0. The number of rotatable bonds is 5. The summed E-state index contributed by atoms with van der Waals surface area (Å²) < 4.78 is 31.8. The Bertz CT molecular complexity index is 639. The predicted octanol–water partition coefficient (Wildman–Crippen LogP) is 2.92. The van der Waals surface area contributed by atoms with E-state index in [1.54, 1.807) is 12.1 Å². The highest BCUT2D eigenvalue weighted by atomic mass is 32.2. The maximum Gasteiger partial charge on any atom is 0.324 e. The van der Waals surface area contributed by atoms with Gasteiger partial charge in [-0.3, -0.25) is 4.79 Å². The van der Waals surface area contributed by atoms with Crippen LogP contribution in [0.2, 0.25) is 0 Å². The number of ether oxygens (including phenoxy) is 1. The van der Waals surface area contributed by atoms with Gasteiger partial charge in [-0.2, -0.15) is 4.31 Å². The lowest BCUT2D eigenvalue weighted by Crippen LogP contribution is -2.48. The molecule has 0 N–H and O–H groups in total. The van der Waals surface area contributed by atoms with Gasteiger partial charge in [-0.1, -0.05) is 26.0 Å². The van der Waals surface area contributed by atoms with Crippen LogP contribution in [0.15, 0.2) is 29.2 Å². The Kier molecular flexibility index (Phi) is 5.81. The van der Waals surface area contributed by atoms with Crippen LogP contribution in [0.1, 0.15) is 51.0 Å². The molecule has 0 radical (unpaired) electrons. The molecule has 1 aromatic rings. The van der Waals surface area contributed by atoms with Crippen molar-refractivity contribution in [3.05, 3.63) is 29.8 Å². The number of carbonyl (C=O) groups is 1. The Morgan fingerprint density at radius 2 is 1.96 bits per heavy atom. The molecule has 0 saturated carbocycles. The lowest BCUT2D eigenvalue weighted by molar-refractivity contribution is -0.146. The van der Waals surface area contributed by atoms with E-state index < -0.39 is 22.0 Å². The first-order chi connectivity index (χ1) is 10.9. The minimum absolute atomic E-state index is 0.236. The van der Waals surface area contributed by atoms with Gasteiger partial charge in [0.1, 0.15) is 6.04 Å². The van der Waals surface area contributed by atoms with Crippen molar-refractivity contribution in [1.29, 1.82) is 0 Å². The van der Waals surface area contributed by atoms with Crippen LogP contribution in [-0.4, -0.2) is 38.4 Å². The summed E-state index contributed by atoms with van der Waals surface area (Å²) in [5.74, 6) is -0.0888. The van der Waals surface area contributed by atoms with Crippen molar-refractivity contribution in [3.8, 4) is 0 Å². The fourth-order valence-corrected chi connectivity index (χ4v) is 4.55. The van der Waals surface area contributed by atoms with Gasteiger partial charge in [0.15, 0.2) is 0 Å². The van der Waals surface area contributed by atoms with E-state index in [2.05, 4.69) is 13.8 Å². The van der Waals surface area contributed by atoms with Crippen molar-refractivity contribution >= 4 is 16.0 Å². The fourth-order valence-electron chi connectivity index (χ4n) is 2.90. The molecule has 0 aliphatic carbocycles. The normalized spacial score (nSPS) is 20.9. The number of benzene rings is 1. The topological polar surface area (TPSA) is 63.7 Å². The Morgan fingerprint density at radius 1 is 1.30 bits per heavy atom. The molecule has 1 aliphatic rings. The van der Waals surface area contributed by atoms with E-state index in [9.17, 15) is 13.2 Å². The zero-order chi connectivity index (χ0) is 17.0. The second-order valence-electron chi connectivity index (χ2n) is 6.03. The molecule has 1 aromatic carbocycles. The molecule has 2 unspecified atom stereocenters. The summed E-state index contributed by atoms with van der Waals surface area (Å²) in [7, 11) is -2.39. The predicted molar refractivity (Wildman–Crippen MR) is 88.7 cm³/mol. The molecule has 0 amide bonds. The molecule has 0 aromatic heterocycles. The van der Waals surface area contributed by atoms with Crippen LogP contribution in [0.25, 0.3) is 0 Å². The summed E-state index contributed by atoms with van der Waals surface area (Å²) >= 11 is 0. The Balaban J connectivity index is 2.30. The van der Waals surface area contributed by atoms with E-state index in [-0.39, 0.29) is 4.90 Å². The third-order valence-corrected chi connectivity index (χ3v) is 6.52. The van der Waals surface area contributed by atoms with Crippen LogP contribution in [-0.2, 0) is 19.6 Å². The molecule has 2 atom stereocenters. The minimum atomic E-state index is -3.68. The second-order valence-corrected chi connectivity index (χ2v) is 7.92. The Labute approximate surface area is 138 Å². The van der Waals surface area contributed by atoms with E-state index in [0.29, 0.717) is 18.9 Å². The van der Waals surface area contributed by atoms with Crippen molar-refractivity contribution in [2.75, 3.05) is 13.7 Å². The van der Waals surface area contributed by atoms with Crippen LogP contribution >= 0.6 is 0 Å². The largest absolute Gasteiger partial charge is 0.468 e. The molecular weight excluding hydrogens is 314 g/mol. The van der Waals surface area contributed by atoms with Gasteiger partial charge in [-0.05, 0) is 49.3 Å². The molecule has 1 fully saturated rings. The average molecular weight is 339 g/mol. The van der Waals surface area contributed by atoms with E-state index in [1.165, 1.54) is 11.4 Å². The van der Waals surface area contributed by atoms with Gasteiger partial charge in [0, 0.05) is 6.54 Å². The third-order valence-electron chi connectivity index (χ3n) is 4.60. The smallest absolute Gasteiger partial charge is 0.324 e. The van der Waals surface area contributed by atoms with E-state index in [4.69, 9.17) is 4.74 Å². The maximum atomic E-state index is 12.9. The summed E-state index contributed by atoms with van der Waals surface area (Å²) in [6, 6.07) is 6.28. The van der Waals surface area contributed by atoms with Gasteiger partial charge in [-0.15, -0.1) is 0 Å².